The van der Waals surface area contributed by atoms with Crippen LogP contribution < -0.4 is 70.4 Å². The number of carboxylic acid groups (broad SMARTS) is 2. The second kappa shape index (κ2) is 32.7. The van der Waals surface area contributed by atoms with Crippen molar-refractivity contribution in [1.82, 2.24) is 58.1 Å². The molecule has 0 aromatic heterocycles. The summed E-state index contributed by atoms with van der Waals surface area (Å²) in [6, 6.07) is -8.91. The fourth-order valence-electron chi connectivity index (χ4n) is 7.20. The standard InChI is InChI=1S/C43H75N15O14/c1-22(2)16-28(42(71)72)54-32(61)19-49-36(65)25(11-8-14-48-43(46)47)55-40(69)35(23(3)4)57-33(62)21-50-37(66)27(17-34(63)64)56-38(67)26(10-6-7-13-44)53-31(60)20-51-39(68)29-12-9-15-58(29)41(70)24(5)52-30(59)18-45/h22-29,35H,6-21,44-45H2,1-5H3,(H,49,65)(H,50,66)(H,51,68)(H,52,59)(H,53,60)(H,54,61)(H,55,69)(H,56,67)(H,57,62)(H,63,64)(H,71,72)(H4,46,47,48)/t24-,25-,26-,27-,28-,29-,35-/m0/s1. The van der Waals surface area contributed by atoms with Crippen LogP contribution in [0.5, 0.6) is 0 Å². The predicted octanol–water partition coefficient (Wildman–Crippen LogP) is -6.13. The van der Waals surface area contributed by atoms with Gasteiger partial charge in [0, 0.05) is 13.1 Å². The first-order valence-corrected chi connectivity index (χ1v) is 23.7. The van der Waals surface area contributed by atoms with Crippen LogP contribution >= 0.6 is 0 Å². The lowest BCUT2D eigenvalue weighted by Crippen LogP contribution is -2.58. The molecule has 0 aromatic rings. The Balaban J connectivity index is 3.04. The van der Waals surface area contributed by atoms with E-state index in [9.17, 15) is 67.7 Å². The number of amides is 10. The quantitative estimate of drug-likeness (QED) is 0.0165. The van der Waals surface area contributed by atoms with Gasteiger partial charge in [0.2, 0.25) is 59.1 Å². The third kappa shape index (κ3) is 24.1. The molecule has 1 heterocycles. The Hall–Kier alpha value is -7.17. The van der Waals surface area contributed by atoms with Crippen LogP contribution in [0.2, 0.25) is 0 Å². The van der Waals surface area contributed by atoms with E-state index in [2.05, 4.69) is 53.2 Å². The highest BCUT2D eigenvalue weighted by atomic mass is 16.4. The zero-order valence-corrected chi connectivity index (χ0v) is 41.5. The van der Waals surface area contributed by atoms with Crippen molar-refractivity contribution in [3.05, 3.63) is 0 Å². The van der Waals surface area contributed by atoms with Gasteiger partial charge in [-0.05, 0) is 76.7 Å². The Morgan fingerprint density at radius 1 is 0.625 bits per heavy atom. The van der Waals surface area contributed by atoms with Crippen molar-refractivity contribution in [2.75, 3.05) is 45.8 Å². The topological polar surface area (TPSA) is 471 Å². The molecule has 0 saturated carbocycles. The van der Waals surface area contributed by atoms with E-state index in [4.69, 9.17) is 22.6 Å². The van der Waals surface area contributed by atoms with E-state index < -0.39 is 145 Å². The van der Waals surface area contributed by atoms with Gasteiger partial charge in [-0.25, -0.2) is 4.79 Å². The molecule has 1 aliphatic rings. The number of unbranched alkanes of at least 4 members (excludes halogenated alkanes) is 1. The first-order chi connectivity index (χ1) is 33.8. The Morgan fingerprint density at radius 2 is 1.17 bits per heavy atom. The molecule has 1 fully saturated rings. The van der Waals surface area contributed by atoms with Crippen molar-refractivity contribution in [2.45, 2.75) is 135 Å². The lowest BCUT2D eigenvalue weighted by atomic mass is 10.0. The van der Waals surface area contributed by atoms with Gasteiger partial charge in [0.25, 0.3) is 0 Å². The monoisotopic (exact) mass is 1030 g/mol. The highest BCUT2D eigenvalue weighted by Gasteiger charge is 2.37. The van der Waals surface area contributed by atoms with E-state index in [0.29, 0.717) is 19.3 Å². The second-order valence-corrected chi connectivity index (χ2v) is 17.8. The molecule has 29 nitrogen and oxygen atoms in total. The fraction of sp³-hybridized carbons (Fsp3) is 0.698. The number of guanidine groups is 1. The minimum atomic E-state index is -1.78. The number of nitrogens with one attached hydrogen (secondary N) is 11. The van der Waals surface area contributed by atoms with Crippen LogP contribution in [0.4, 0.5) is 0 Å². The van der Waals surface area contributed by atoms with Gasteiger partial charge >= 0.3 is 11.9 Å². The summed E-state index contributed by atoms with van der Waals surface area (Å²) in [6.45, 7) is 6.21. The van der Waals surface area contributed by atoms with E-state index in [0.717, 1.165) is 0 Å². The minimum Gasteiger partial charge on any atom is -0.481 e. The molecule has 0 aliphatic carbocycles. The zero-order valence-electron chi connectivity index (χ0n) is 41.5. The Bertz CT molecular complexity index is 1940. The SMILES string of the molecule is CC(C)C[C@H](NC(=O)CNC(=O)[C@H](CCCNC(=N)N)NC(=O)[C@@H](NC(=O)CNC(=O)[C@H](CC(=O)O)NC(=O)[C@H](CCCCN)NC(=O)CNC(=O)[C@@H]1CCCN1C(=O)[C@H](C)NC(=O)CN)C(C)C)C(=O)O. The van der Waals surface area contributed by atoms with Gasteiger partial charge < -0.3 is 85.5 Å². The molecule has 0 bridgehead atoms. The van der Waals surface area contributed by atoms with Crippen LogP contribution in [-0.2, 0) is 57.5 Å². The molecule has 1 aliphatic heterocycles. The summed E-state index contributed by atoms with van der Waals surface area (Å²) < 4.78 is 0. The second-order valence-electron chi connectivity index (χ2n) is 17.8. The maximum atomic E-state index is 13.6. The molecule has 0 radical (unpaired) electrons. The molecule has 0 unspecified atom stereocenters. The normalized spacial score (nSPS) is 15.5. The summed E-state index contributed by atoms with van der Waals surface area (Å²) in [5.74, 6) is -12.0. The van der Waals surface area contributed by atoms with Crippen LogP contribution in [0, 0.1) is 17.2 Å². The molecular weight excluding hydrogens is 951 g/mol. The molecule has 72 heavy (non-hydrogen) atoms. The first kappa shape index (κ1) is 62.8. The number of hydrogen-bond acceptors (Lipinski definition) is 15. The summed E-state index contributed by atoms with van der Waals surface area (Å²) in [5, 5.41) is 50.4. The van der Waals surface area contributed by atoms with Gasteiger partial charge in [-0.15, -0.1) is 0 Å². The van der Waals surface area contributed by atoms with Gasteiger partial charge in [-0.3, -0.25) is 58.1 Å². The summed E-state index contributed by atoms with van der Waals surface area (Å²) in [6.07, 6.45) is 0.722. The lowest BCUT2D eigenvalue weighted by Gasteiger charge is -2.27. The smallest absolute Gasteiger partial charge is 0.326 e. The number of aliphatic carboxylic acids is 2. The van der Waals surface area contributed by atoms with E-state index >= 15 is 0 Å². The molecule has 0 spiro atoms. The van der Waals surface area contributed by atoms with E-state index in [1.54, 1.807) is 27.7 Å². The van der Waals surface area contributed by atoms with Crippen molar-refractivity contribution >= 4 is 77.0 Å². The summed E-state index contributed by atoms with van der Waals surface area (Å²) in [5.41, 5.74) is 16.2. The lowest BCUT2D eigenvalue weighted by molar-refractivity contribution is -0.142. The Kier molecular flexibility index (Phi) is 28.5. The van der Waals surface area contributed by atoms with Gasteiger partial charge in [0.15, 0.2) is 5.96 Å². The van der Waals surface area contributed by atoms with Crippen molar-refractivity contribution in [1.29, 1.82) is 5.41 Å². The fourth-order valence-corrected chi connectivity index (χ4v) is 7.20. The largest absolute Gasteiger partial charge is 0.481 e. The number of rotatable bonds is 33. The van der Waals surface area contributed by atoms with Gasteiger partial charge in [-0.1, -0.05) is 27.7 Å². The Morgan fingerprint density at radius 3 is 1.71 bits per heavy atom. The molecular formula is C43H75N15O14. The molecule has 7 atom stereocenters. The van der Waals surface area contributed by atoms with Crippen molar-refractivity contribution in [3.63, 3.8) is 0 Å². The van der Waals surface area contributed by atoms with Crippen molar-refractivity contribution < 1.29 is 67.7 Å². The number of carbonyl (C=O) groups excluding carboxylic acids is 10. The van der Waals surface area contributed by atoms with Gasteiger partial charge in [-0.2, -0.15) is 0 Å². The number of carbonyl (C=O) groups is 12. The summed E-state index contributed by atoms with van der Waals surface area (Å²) in [7, 11) is 0. The number of nitrogens with two attached hydrogens (primary N) is 3. The minimum absolute atomic E-state index is 0.0265. The third-order valence-corrected chi connectivity index (χ3v) is 10.9. The van der Waals surface area contributed by atoms with Crippen LogP contribution in [0.15, 0.2) is 0 Å². The maximum Gasteiger partial charge on any atom is 0.326 e. The highest BCUT2D eigenvalue weighted by molar-refractivity contribution is 5.98. The number of nitrogens with zero attached hydrogens (tertiary/aromatic N) is 1. The first-order valence-electron chi connectivity index (χ1n) is 23.7. The average Bonchev–Trinajstić information content (AvgIpc) is 3.80. The molecule has 406 valence electrons. The third-order valence-electron chi connectivity index (χ3n) is 10.9. The van der Waals surface area contributed by atoms with Gasteiger partial charge in [0.05, 0.1) is 32.6 Å². The molecule has 19 N–H and O–H groups in total. The summed E-state index contributed by atoms with van der Waals surface area (Å²) in [4.78, 5) is 155. The predicted molar refractivity (Wildman–Crippen MR) is 256 cm³/mol. The van der Waals surface area contributed by atoms with E-state index in [1.807, 2.05) is 0 Å². The van der Waals surface area contributed by atoms with Crippen molar-refractivity contribution in [3.8, 4) is 0 Å². The highest BCUT2D eigenvalue weighted by Crippen LogP contribution is 2.19. The van der Waals surface area contributed by atoms with Crippen LogP contribution in [0.3, 0.4) is 0 Å². The average molecular weight is 1030 g/mol. The molecule has 10 amide bonds. The van der Waals surface area contributed by atoms with E-state index in [-0.39, 0.29) is 70.2 Å². The molecule has 1 rings (SSSR count). The molecule has 1 saturated heterocycles. The zero-order chi connectivity index (χ0) is 54.7. The van der Waals surface area contributed by atoms with Crippen LogP contribution in [0.25, 0.3) is 0 Å². The maximum absolute atomic E-state index is 13.6. The van der Waals surface area contributed by atoms with Crippen molar-refractivity contribution in [2.24, 2.45) is 29.0 Å². The molecule has 0 aromatic carbocycles. The molecule has 29 heteroatoms. The summed E-state index contributed by atoms with van der Waals surface area (Å²) >= 11 is 0. The van der Waals surface area contributed by atoms with Gasteiger partial charge in [0.1, 0.15) is 42.3 Å². The van der Waals surface area contributed by atoms with E-state index in [1.165, 1.54) is 11.8 Å². The Labute approximate surface area is 417 Å². The number of likely N-dealkylation sites (tertiary alicyclic amines) is 1. The van der Waals surface area contributed by atoms with Crippen LogP contribution in [-0.4, -0.2) is 180 Å². The van der Waals surface area contributed by atoms with Crippen LogP contribution in [0.1, 0.15) is 92.4 Å². The number of hydrogen-bond donors (Lipinski definition) is 16. The number of carboxylic acids is 2.